The molecule has 11 aromatic rings. The largest absolute Gasteiger partial charge is 0.453 e. The van der Waals surface area contributed by atoms with Crippen molar-refractivity contribution < 1.29 is 9.47 Å². The summed E-state index contributed by atoms with van der Waals surface area (Å²) in [5.74, 6) is 3.19. The van der Waals surface area contributed by atoms with Gasteiger partial charge in [0, 0.05) is 31.0 Å². The van der Waals surface area contributed by atoms with Gasteiger partial charge in [0.25, 0.3) is 0 Å². The molecule has 5 heteroatoms. The monoisotopic (exact) mass is 942 g/mol. The molecule has 14 rings (SSSR count). The first-order chi connectivity index (χ1) is 35.7. The summed E-state index contributed by atoms with van der Waals surface area (Å²) >= 11 is 0. The Labute approximate surface area is 421 Å². The van der Waals surface area contributed by atoms with E-state index in [4.69, 9.17) is 9.47 Å². The highest BCUT2D eigenvalue weighted by Crippen LogP contribution is 2.75. The first-order valence-electron chi connectivity index (χ1n) is 24.5. The Morgan fingerprint density at radius 2 is 0.639 bits per heavy atom. The van der Waals surface area contributed by atoms with Crippen molar-refractivity contribution in [2.75, 3.05) is 9.80 Å². The summed E-state index contributed by atoms with van der Waals surface area (Å²) in [6, 6.07) is 102. The van der Waals surface area contributed by atoms with E-state index in [0.717, 1.165) is 57.1 Å². The molecule has 11 aromatic carbocycles. The molecule has 0 N–H and O–H groups in total. The highest BCUT2D eigenvalue weighted by Gasteiger charge is 2.47. The van der Waals surface area contributed by atoms with Crippen molar-refractivity contribution in [3.8, 4) is 34.1 Å². The van der Waals surface area contributed by atoms with Crippen molar-refractivity contribution in [1.29, 1.82) is 0 Å². The molecule has 2 heterocycles. The van der Waals surface area contributed by atoms with Crippen molar-refractivity contribution in [1.82, 2.24) is 0 Å². The zero-order valence-electron chi connectivity index (χ0n) is 39.2. The van der Waals surface area contributed by atoms with Gasteiger partial charge in [-0.3, -0.25) is 0 Å². The number of nitrogens with zero attached hydrogens (tertiary/aromatic N) is 2. The number of anilines is 6. The molecule has 1 aliphatic carbocycles. The minimum atomic E-state index is -2.37. The second-order valence-corrected chi connectivity index (χ2v) is 21.5. The first-order valence-corrected chi connectivity index (χ1v) is 26.1. The highest BCUT2D eigenvalue weighted by molar-refractivity contribution is 8.34. The Balaban J connectivity index is 1.12. The third-order valence-electron chi connectivity index (χ3n) is 14.6. The van der Waals surface area contributed by atoms with Gasteiger partial charge in [-0.05, 0) is 137 Å². The lowest BCUT2D eigenvalue weighted by atomic mass is 9.68. The predicted octanol–water partition coefficient (Wildman–Crippen LogP) is 18.5. The second kappa shape index (κ2) is 16.8. The quantitative estimate of drug-likeness (QED) is 0.152. The van der Waals surface area contributed by atoms with Gasteiger partial charge in [0.1, 0.15) is 0 Å². The van der Waals surface area contributed by atoms with Crippen LogP contribution in [0.1, 0.15) is 22.3 Å². The third kappa shape index (κ3) is 6.27. The van der Waals surface area contributed by atoms with E-state index < -0.39 is 15.4 Å². The van der Waals surface area contributed by atoms with Gasteiger partial charge in [0.2, 0.25) is 0 Å². The normalized spacial score (nSPS) is 13.8. The average Bonchev–Trinajstić information content (AvgIpc) is 3.76. The molecule has 0 atom stereocenters. The number of para-hydroxylation sites is 8. The molecule has 0 saturated heterocycles. The topological polar surface area (TPSA) is 24.9 Å². The molecule has 0 bridgehead atoms. The molecule has 0 spiro atoms. The number of rotatable bonds is 8. The minimum Gasteiger partial charge on any atom is -0.453 e. The van der Waals surface area contributed by atoms with Crippen LogP contribution in [0, 0.1) is 0 Å². The van der Waals surface area contributed by atoms with Crippen molar-refractivity contribution >= 4 is 44.2 Å². The van der Waals surface area contributed by atoms with Gasteiger partial charge >= 0.3 is 0 Å². The van der Waals surface area contributed by atoms with E-state index in [1.807, 2.05) is 24.3 Å². The van der Waals surface area contributed by atoms with Gasteiger partial charge in [-0.2, -0.15) is 0 Å². The Morgan fingerprint density at radius 1 is 0.278 bits per heavy atom. The molecular formula is C67H46N2O2S. The van der Waals surface area contributed by atoms with E-state index in [1.165, 1.54) is 53.0 Å². The van der Waals surface area contributed by atoms with Gasteiger partial charge in [-0.25, -0.2) is 0 Å². The van der Waals surface area contributed by atoms with Gasteiger partial charge in [-0.15, -0.1) is 10.0 Å². The maximum atomic E-state index is 6.67. The second-order valence-electron chi connectivity index (χ2n) is 18.4. The van der Waals surface area contributed by atoms with E-state index in [0.29, 0.717) is 0 Å². The van der Waals surface area contributed by atoms with Gasteiger partial charge in [0.05, 0.1) is 28.2 Å². The maximum Gasteiger partial charge on any atom is 0.151 e. The number of hydrogen-bond acceptors (Lipinski definition) is 4. The van der Waals surface area contributed by atoms with Crippen LogP contribution in [0.2, 0.25) is 0 Å². The van der Waals surface area contributed by atoms with Crippen LogP contribution in [-0.4, -0.2) is 0 Å². The Hall–Kier alpha value is -9.03. The molecule has 0 aromatic heterocycles. The van der Waals surface area contributed by atoms with Crippen LogP contribution in [0.5, 0.6) is 23.0 Å². The third-order valence-corrected chi connectivity index (χ3v) is 18.4. The summed E-state index contributed by atoms with van der Waals surface area (Å²) < 4.78 is 13.3. The minimum absolute atomic E-state index is 0.599. The predicted molar refractivity (Wildman–Crippen MR) is 293 cm³/mol. The van der Waals surface area contributed by atoms with Crippen LogP contribution in [0.15, 0.2) is 299 Å². The van der Waals surface area contributed by atoms with E-state index in [1.54, 1.807) is 0 Å². The molecule has 0 saturated carbocycles. The van der Waals surface area contributed by atoms with Crippen LogP contribution >= 0.6 is 10.0 Å². The van der Waals surface area contributed by atoms with Crippen molar-refractivity contribution in [2.24, 2.45) is 0 Å². The first kappa shape index (κ1) is 41.9. The molecule has 0 unspecified atom stereocenters. The van der Waals surface area contributed by atoms with Crippen LogP contribution in [0.25, 0.3) is 11.1 Å². The van der Waals surface area contributed by atoms with Crippen LogP contribution < -0.4 is 19.3 Å². The van der Waals surface area contributed by atoms with Gasteiger partial charge < -0.3 is 19.3 Å². The van der Waals surface area contributed by atoms with Gasteiger partial charge in [0.15, 0.2) is 23.0 Å². The number of ether oxygens (including phenoxy) is 2. The summed E-state index contributed by atoms with van der Waals surface area (Å²) in [7, 11) is -2.37. The van der Waals surface area contributed by atoms with Crippen molar-refractivity contribution in [3.63, 3.8) is 0 Å². The summed E-state index contributed by atoms with van der Waals surface area (Å²) in [5.41, 5.74) is 12.8. The van der Waals surface area contributed by atoms with Crippen LogP contribution in [-0.2, 0) is 5.41 Å². The fourth-order valence-electron chi connectivity index (χ4n) is 11.7. The fraction of sp³-hybridized carbons (Fsp3) is 0.0149. The standard InChI is InChI=1S/C67H46N2O2S/c1-4-23-47(24-5-1)67(57-33-12-10-31-55(57)56-32-11-13-34-58(56)67)48-25-22-30-53(43-48)72(51-26-6-2-7-27-51,52-28-8-3-9-29-52)54-45-49(68-59-35-14-18-39-63(59)70-64-40-19-15-36-60(64)68)44-50(46-54)69-61-37-16-20-41-65(61)71-66-42-21-17-38-62(66)69/h1-46H. The molecule has 3 aliphatic rings. The fourth-order valence-corrected chi connectivity index (χ4v) is 15.6. The van der Waals surface area contributed by atoms with E-state index in [-0.39, 0.29) is 0 Å². The number of fused-ring (bicyclic) bond motifs is 7. The summed E-state index contributed by atoms with van der Waals surface area (Å²) in [6.45, 7) is 0. The van der Waals surface area contributed by atoms with Crippen molar-refractivity contribution in [2.45, 2.75) is 25.0 Å². The van der Waals surface area contributed by atoms with E-state index >= 15 is 0 Å². The maximum absolute atomic E-state index is 6.67. The SMILES string of the molecule is c1ccc(C2(c3cccc(S(c4ccccc4)(c4ccccc4)c4cc(N5c6ccccc6Oc6ccccc65)cc(N5c6ccccc6Oc6ccccc65)c4)c3)c3ccccc3-c3ccccc32)cc1. The zero-order chi connectivity index (χ0) is 47.6. The molecule has 0 amide bonds. The molecule has 342 valence electrons. The lowest BCUT2D eigenvalue weighted by Crippen LogP contribution is -2.28. The molecule has 4 nitrogen and oxygen atoms in total. The van der Waals surface area contributed by atoms with E-state index in [2.05, 4.69) is 265 Å². The Morgan fingerprint density at radius 3 is 1.10 bits per heavy atom. The lowest BCUT2D eigenvalue weighted by molar-refractivity contribution is 0.477. The van der Waals surface area contributed by atoms with Crippen LogP contribution in [0.4, 0.5) is 34.1 Å². The summed E-state index contributed by atoms with van der Waals surface area (Å²) in [5, 5.41) is 0. The molecule has 0 fully saturated rings. The van der Waals surface area contributed by atoms with Gasteiger partial charge in [-0.1, -0.05) is 176 Å². The molecular weight excluding hydrogens is 897 g/mol. The molecule has 0 radical (unpaired) electrons. The van der Waals surface area contributed by atoms with Crippen LogP contribution in [0.3, 0.4) is 0 Å². The average molecular weight is 943 g/mol. The Bertz CT molecular complexity index is 3570. The summed E-state index contributed by atoms with van der Waals surface area (Å²) in [4.78, 5) is 9.61. The molecule has 72 heavy (non-hydrogen) atoms. The highest BCUT2D eigenvalue weighted by atomic mass is 32.3. The zero-order valence-corrected chi connectivity index (χ0v) is 40.0. The number of benzene rings is 11. The van der Waals surface area contributed by atoms with E-state index in [9.17, 15) is 0 Å². The smallest absolute Gasteiger partial charge is 0.151 e. The Kier molecular flexibility index (Phi) is 9.80. The lowest BCUT2D eigenvalue weighted by Gasteiger charge is -2.44. The molecule has 2 aliphatic heterocycles. The summed E-state index contributed by atoms with van der Waals surface area (Å²) in [6.07, 6.45) is 0. The van der Waals surface area contributed by atoms with Crippen molar-refractivity contribution in [3.05, 3.63) is 301 Å². The number of hydrogen-bond donors (Lipinski definition) is 0.